The Morgan fingerprint density at radius 1 is 1.17 bits per heavy atom. The lowest BCUT2D eigenvalue weighted by Gasteiger charge is -2.40. The van der Waals surface area contributed by atoms with Crippen LogP contribution in [0.4, 0.5) is 0 Å². The van der Waals surface area contributed by atoms with Gasteiger partial charge < -0.3 is 10.2 Å². The summed E-state index contributed by atoms with van der Waals surface area (Å²) in [5.74, 6) is -0.107. The number of aromatic nitrogens is 3. The minimum Gasteiger partial charge on any atom is -0.350 e. The monoisotopic (exact) mass is 404 g/mol. The number of benzene rings is 1. The van der Waals surface area contributed by atoms with Gasteiger partial charge in [-0.1, -0.05) is 18.2 Å². The van der Waals surface area contributed by atoms with E-state index in [2.05, 4.69) is 20.3 Å². The Morgan fingerprint density at radius 2 is 2.00 bits per heavy atom. The zero-order valence-corrected chi connectivity index (χ0v) is 16.9. The van der Waals surface area contributed by atoms with E-state index in [0.717, 1.165) is 19.5 Å². The molecule has 1 N–H and O–H groups in total. The molecule has 2 fully saturated rings. The van der Waals surface area contributed by atoms with Crippen LogP contribution in [-0.4, -0.2) is 74.5 Å². The summed E-state index contributed by atoms with van der Waals surface area (Å²) in [5.41, 5.74) is 2.42. The molecule has 1 aromatic carbocycles. The largest absolute Gasteiger partial charge is 0.350 e. The number of piperazine rings is 1. The van der Waals surface area contributed by atoms with Gasteiger partial charge in [-0.3, -0.25) is 14.5 Å². The number of amides is 2. The Bertz CT molecular complexity index is 1100. The second-order valence-corrected chi connectivity index (χ2v) is 7.97. The third-order valence-electron chi connectivity index (χ3n) is 6.14. The fraction of sp³-hybridized carbons (Fsp3) is 0.364. The molecule has 154 valence electrons. The number of carbonyl (C=O) groups is 2. The molecule has 1 unspecified atom stereocenters. The predicted molar refractivity (Wildman–Crippen MR) is 111 cm³/mol. The van der Waals surface area contributed by atoms with Crippen LogP contribution in [-0.2, 0) is 0 Å². The second-order valence-electron chi connectivity index (χ2n) is 7.97. The van der Waals surface area contributed by atoms with E-state index in [4.69, 9.17) is 0 Å². The van der Waals surface area contributed by atoms with Crippen LogP contribution in [0.5, 0.6) is 0 Å². The summed E-state index contributed by atoms with van der Waals surface area (Å²) in [6, 6.07) is 11.5. The van der Waals surface area contributed by atoms with E-state index in [0.29, 0.717) is 35.6 Å². The normalized spacial score (nSPS) is 23.0. The zero-order valence-electron chi connectivity index (χ0n) is 16.9. The average molecular weight is 404 g/mol. The van der Waals surface area contributed by atoms with Gasteiger partial charge in [0.1, 0.15) is 5.56 Å². The van der Waals surface area contributed by atoms with Crippen molar-refractivity contribution in [2.45, 2.75) is 25.4 Å². The number of hydrogen-bond acceptors (Lipinski definition) is 5. The molecule has 30 heavy (non-hydrogen) atoms. The first-order valence-electron chi connectivity index (χ1n) is 10.3. The highest BCUT2D eigenvalue weighted by Gasteiger charge is 2.41. The lowest BCUT2D eigenvalue weighted by atomic mass is 10.1. The average Bonchev–Trinajstić information content (AvgIpc) is 3.34. The molecule has 5 rings (SSSR count). The topological polar surface area (TPSA) is 82.8 Å². The van der Waals surface area contributed by atoms with Crippen LogP contribution in [0.2, 0.25) is 0 Å². The van der Waals surface area contributed by atoms with E-state index >= 15 is 0 Å². The Labute approximate surface area is 174 Å². The Hall–Kier alpha value is -3.26. The van der Waals surface area contributed by atoms with Crippen molar-refractivity contribution in [2.75, 3.05) is 26.2 Å². The van der Waals surface area contributed by atoms with Gasteiger partial charge in [-0.05, 0) is 31.5 Å². The highest BCUT2D eigenvalue weighted by molar-refractivity contribution is 6.01. The quantitative estimate of drug-likeness (QED) is 0.710. The molecular weight excluding hydrogens is 380 g/mol. The van der Waals surface area contributed by atoms with Crippen molar-refractivity contribution in [1.82, 2.24) is 29.7 Å². The molecule has 0 aliphatic carbocycles. The first-order valence-corrected chi connectivity index (χ1v) is 10.3. The van der Waals surface area contributed by atoms with Crippen molar-refractivity contribution < 1.29 is 9.59 Å². The minimum atomic E-state index is -0.177. The minimum absolute atomic E-state index is 0.0705. The third kappa shape index (κ3) is 3.23. The smallest absolute Gasteiger partial charge is 0.257 e. The van der Waals surface area contributed by atoms with Crippen molar-refractivity contribution in [3.63, 3.8) is 0 Å². The predicted octanol–water partition coefficient (Wildman–Crippen LogP) is 1.37. The SMILES string of the molecule is Cc1nn2cccnc2c1C(=O)NC[C@@H]1CN(C(=O)c2ccccc2)[C@H]2CCN1C2. The number of rotatable bonds is 4. The Kier molecular flexibility index (Phi) is 4.71. The van der Waals surface area contributed by atoms with Gasteiger partial charge in [0.05, 0.1) is 5.69 Å². The molecule has 3 atom stereocenters. The van der Waals surface area contributed by atoms with Gasteiger partial charge in [0.25, 0.3) is 11.8 Å². The molecule has 2 aromatic heterocycles. The fourth-order valence-corrected chi connectivity index (χ4v) is 4.60. The van der Waals surface area contributed by atoms with Crippen LogP contribution >= 0.6 is 0 Å². The lowest BCUT2D eigenvalue weighted by molar-refractivity contribution is 0.0493. The van der Waals surface area contributed by atoms with Crippen LogP contribution in [0, 0.1) is 6.92 Å². The van der Waals surface area contributed by atoms with Crippen molar-refractivity contribution in [3.8, 4) is 0 Å². The van der Waals surface area contributed by atoms with Gasteiger partial charge in [-0.25, -0.2) is 9.50 Å². The van der Waals surface area contributed by atoms with Crippen LogP contribution in [0.3, 0.4) is 0 Å². The molecule has 2 amide bonds. The third-order valence-corrected chi connectivity index (χ3v) is 6.14. The summed E-state index contributed by atoms with van der Waals surface area (Å²) in [6.45, 7) is 4.71. The van der Waals surface area contributed by atoms with Crippen LogP contribution in [0.25, 0.3) is 5.65 Å². The molecule has 8 nitrogen and oxygen atoms in total. The summed E-state index contributed by atoms with van der Waals surface area (Å²) < 4.78 is 1.62. The molecule has 2 saturated heterocycles. The summed E-state index contributed by atoms with van der Waals surface area (Å²) in [4.78, 5) is 34.6. The molecule has 0 radical (unpaired) electrons. The van der Waals surface area contributed by atoms with Crippen molar-refractivity contribution in [2.24, 2.45) is 0 Å². The molecule has 4 heterocycles. The van der Waals surface area contributed by atoms with Crippen LogP contribution in [0.1, 0.15) is 32.8 Å². The number of hydrogen-bond donors (Lipinski definition) is 1. The molecule has 3 aromatic rings. The Balaban J connectivity index is 1.30. The summed E-state index contributed by atoms with van der Waals surface area (Å²) >= 11 is 0. The summed E-state index contributed by atoms with van der Waals surface area (Å²) in [5, 5.41) is 7.42. The second kappa shape index (κ2) is 7.53. The summed E-state index contributed by atoms with van der Waals surface area (Å²) in [6.07, 6.45) is 4.41. The van der Waals surface area contributed by atoms with Gasteiger partial charge in [-0.2, -0.15) is 5.10 Å². The standard InChI is InChI=1S/C22H24N6O2/c1-15-19(20-23-9-5-10-28(20)25-15)21(29)24-12-18-14-27(17-8-11-26(18)13-17)22(30)16-6-3-2-4-7-16/h2-7,9-10,17-18H,8,11-14H2,1H3,(H,24,29)/t17-,18+/m0/s1. The number of nitrogens with one attached hydrogen (secondary N) is 1. The maximum absolute atomic E-state index is 13.0. The van der Waals surface area contributed by atoms with E-state index < -0.39 is 0 Å². The molecule has 2 bridgehead atoms. The molecule has 0 saturated carbocycles. The number of aryl methyl sites for hydroxylation is 1. The van der Waals surface area contributed by atoms with Gasteiger partial charge in [-0.15, -0.1) is 0 Å². The highest BCUT2D eigenvalue weighted by Crippen LogP contribution is 2.26. The zero-order chi connectivity index (χ0) is 20.7. The van der Waals surface area contributed by atoms with Crippen LogP contribution < -0.4 is 5.32 Å². The Morgan fingerprint density at radius 3 is 2.83 bits per heavy atom. The van der Waals surface area contributed by atoms with Crippen LogP contribution in [0.15, 0.2) is 48.8 Å². The first kappa shape index (κ1) is 18.7. The van der Waals surface area contributed by atoms with Crippen molar-refractivity contribution >= 4 is 17.5 Å². The van der Waals surface area contributed by atoms with Gasteiger partial charge in [0.2, 0.25) is 0 Å². The maximum atomic E-state index is 13.0. The van der Waals surface area contributed by atoms with E-state index in [1.165, 1.54) is 0 Å². The molecule has 2 aliphatic rings. The van der Waals surface area contributed by atoms with E-state index in [1.54, 1.807) is 23.0 Å². The van der Waals surface area contributed by atoms with E-state index in [9.17, 15) is 9.59 Å². The molecule has 2 aliphatic heterocycles. The maximum Gasteiger partial charge on any atom is 0.257 e. The van der Waals surface area contributed by atoms with Gasteiger partial charge in [0, 0.05) is 56.2 Å². The summed E-state index contributed by atoms with van der Waals surface area (Å²) in [7, 11) is 0. The van der Waals surface area contributed by atoms with E-state index in [1.807, 2.05) is 42.2 Å². The lowest BCUT2D eigenvalue weighted by Crippen LogP contribution is -2.57. The number of carbonyl (C=O) groups excluding carboxylic acids is 2. The highest BCUT2D eigenvalue weighted by atomic mass is 16.2. The molecular formula is C22H24N6O2. The van der Waals surface area contributed by atoms with Crippen molar-refractivity contribution in [1.29, 1.82) is 0 Å². The van der Waals surface area contributed by atoms with Gasteiger partial charge in [0.15, 0.2) is 5.65 Å². The number of fused-ring (bicyclic) bond motifs is 3. The first-order chi connectivity index (χ1) is 14.6. The van der Waals surface area contributed by atoms with E-state index in [-0.39, 0.29) is 23.9 Å². The number of nitrogens with zero attached hydrogens (tertiary/aromatic N) is 5. The van der Waals surface area contributed by atoms with Crippen molar-refractivity contribution in [3.05, 3.63) is 65.6 Å². The molecule has 8 heteroatoms. The van der Waals surface area contributed by atoms with Gasteiger partial charge >= 0.3 is 0 Å². The fourth-order valence-electron chi connectivity index (χ4n) is 4.60. The molecule has 0 spiro atoms.